The summed E-state index contributed by atoms with van der Waals surface area (Å²) in [4.78, 5) is 4.72. The molecule has 0 unspecified atom stereocenters. The van der Waals surface area contributed by atoms with Gasteiger partial charge in [-0.3, -0.25) is 4.57 Å². The number of aryl methyl sites for hydroxylation is 2. The van der Waals surface area contributed by atoms with Crippen LogP contribution in [-0.2, 0) is 6.42 Å². The van der Waals surface area contributed by atoms with Crippen molar-refractivity contribution in [2.75, 3.05) is 0 Å². The molecule has 0 aliphatic heterocycles. The van der Waals surface area contributed by atoms with Gasteiger partial charge in [-0.2, -0.15) is 5.10 Å². The number of para-hydroxylation sites is 1. The van der Waals surface area contributed by atoms with Crippen LogP contribution in [0.5, 0.6) is 11.5 Å². The van der Waals surface area contributed by atoms with E-state index >= 15 is 0 Å². The topological polar surface area (TPSA) is 44.9 Å². The van der Waals surface area contributed by atoms with Crippen molar-refractivity contribution in [1.82, 2.24) is 19.3 Å². The van der Waals surface area contributed by atoms with E-state index in [-0.39, 0.29) is 0 Å². The Morgan fingerprint density at radius 1 is 0.766 bits per heavy atom. The van der Waals surface area contributed by atoms with Crippen molar-refractivity contribution in [1.29, 1.82) is 0 Å². The summed E-state index contributed by atoms with van der Waals surface area (Å²) < 4.78 is 10.7. The van der Waals surface area contributed by atoms with Crippen LogP contribution in [0.15, 0.2) is 110 Å². The molecule has 4 aromatic carbocycles. The van der Waals surface area contributed by atoms with Crippen molar-refractivity contribution >= 4 is 21.8 Å². The Labute approximate surface area is 277 Å². The summed E-state index contributed by atoms with van der Waals surface area (Å²) in [6.07, 6.45) is 8.27. The summed E-state index contributed by atoms with van der Waals surface area (Å²) in [5, 5.41) is 7.21. The summed E-state index contributed by atoms with van der Waals surface area (Å²) in [6, 6.07) is 31.8. The number of hydrogen-bond acceptors (Lipinski definition) is 3. The third-order valence-corrected chi connectivity index (χ3v) is 9.05. The Morgan fingerprint density at radius 2 is 1.57 bits per heavy atom. The lowest BCUT2D eigenvalue weighted by molar-refractivity contribution is 0.483. The quantitative estimate of drug-likeness (QED) is 0.162. The third-order valence-electron chi connectivity index (χ3n) is 9.05. The van der Waals surface area contributed by atoms with Gasteiger partial charge in [0.2, 0.25) is 0 Å². The van der Waals surface area contributed by atoms with Gasteiger partial charge in [0.1, 0.15) is 17.3 Å². The molecule has 7 aromatic rings. The van der Waals surface area contributed by atoms with E-state index in [4.69, 9.17) is 14.8 Å². The van der Waals surface area contributed by atoms with Gasteiger partial charge in [-0.1, -0.05) is 77.4 Å². The van der Waals surface area contributed by atoms with Gasteiger partial charge in [0.15, 0.2) is 0 Å². The average Bonchev–Trinajstić information content (AvgIpc) is 3.68. The number of aromatic nitrogens is 4. The fourth-order valence-electron chi connectivity index (χ4n) is 6.95. The van der Waals surface area contributed by atoms with Crippen molar-refractivity contribution in [3.8, 4) is 34.1 Å². The molecule has 3 aromatic heterocycles. The molecule has 0 radical (unpaired) electrons. The number of nitrogens with zero attached hydrogens (tertiary/aromatic N) is 4. The highest BCUT2D eigenvalue weighted by atomic mass is 16.5. The van der Waals surface area contributed by atoms with E-state index in [0.717, 1.165) is 52.4 Å². The van der Waals surface area contributed by atoms with Gasteiger partial charge in [0.05, 0.1) is 22.9 Å². The molecule has 0 aliphatic rings. The summed E-state index contributed by atoms with van der Waals surface area (Å²) in [7, 11) is 0. The zero-order valence-electron chi connectivity index (χ0n) is 28.2. The van der Waals surface area contributed by atoms with Crippen LogP contribution < -0.4 is 4.74 Å². The molecule has 7 rings (SSSR count). The van der Waals surface area contributed by atoms with Gasteiger partial charge in [-0.05, 0) is 95.5 Å². The van der Waals surface area contributed by atoms with Gasteiger partial charge in [0.25, 0.3) is 0 Å². The molecular weight excluding hydrogens is 576 g/mol. The highest BCUT2D eigenvalue weighted by molar-refractivity contribution is 6.09. The number of rotatable bonds is 9. The minimum absolute atomic E-state index is 0.413. The lowest BCUT2D eigenvalue weighted by atomic mass is 9.82. The highest BCUT2D eigenvalue weighted by Crippen LogP contribution is 2.39. The van der Waals surface area contributed by atoms with Crippen molar-refractivity contribution in [3.05, 3.63) is 132 Å². The molecule has 0 bridgehead atoms. The molecule has 5 heteroatoms. The Hall–Kier alpha value is -5.16. The van der Waals surface area contributed by atoms with E-state index in [0.29, 0.717) is 11.8 Å². The van der Waals surface area contributed by atoms with E-state index < -0.39 is 0 Å². The summed E-state index contributed by atoms with van der Waals surface area (Å²) in [6.45, 7) is 13.5. The molecule has 0 spiro atoms. The minimum atomic E-state index is 0.413. The molecule has 0 fully saturated rings. The fourth-order valence-corrected chi connectivity index (χ4v) is 6.95. The number of ether oxygens (including phenoxy) is 1. The standard InChI is InChI=1S/C42H42N4O/c1-7-11-30-16-18-35(27(2)3)42(41(30)28(4)5)31-25-44-45(26-31)32-12-10-13-33(23-32)47-34-17-19-37-36-14-8-9-15-38(36)46(39(37)24-34)40-22-29(6)20-21-43-40/h8-10,12-28H,7,11H2,1-6H3. The van der Waals surface area contributed by atoms with Crippen LogP contribution in [0, 0.1) is 6.92 Å². The van der Waals surface area contributed by atoms with Crippen LogP contribution in [0.1, 0.15) is 75.1 Å². The second-order valence-corrected chi connectivity index (χ2v) is 13.2. The molecule has 0 aliphatic carbocycles. The van der Waals surface area contributed by atoms with Crippen molar-refractivity contribution in [3.63, 3.8) is 0 Å². The predicted molar refractivity (Wildman–Crippen MR) is 195 cm³/mol. The van der Waals surface area contributed by atoms with Gasteiger partial charge >= 0.3 is 0 Å². The molecule has 47 heavy (non-hydrogen) atoms. The highest BCUT2D eigenvalue weighted by Gasteiger charge is 2.21. The Kier molecular flexibility index (Phi) is 8.15. The normalized spacial score (nSPS) is 11.7. The maximum Gasteiger partial charge on any atom is 0.137 e. The first-order valence-electron chi connectivity index (χ1n) is 16.8. The van der Waals surface area contributed by atoms with Crippen LogP contribution in [0.4, 0.5) is 0 Å². The number of pyridine rings is 1. The first-order chi connectivity index (χ1) is 22.8. The number of hydrogen-bond donors (Lipinski definition) is 0. The van der Waals surface area contributed by atoms with Gasteiger partial charge in [0, 0.05) is 40.9 Å². The first kappa shape index (κ1) is 30.5. The zero-order chi connectivity index (χ0) is 32.7. The zero-order valence-corrected chi connectivity index (χ0v) is 28.2. The molecular formula is C42H42N4O. The average molecular weight is 619 g/mol. The van der Waals surface area contributed by atoms with Crippen molar-refractivity contribution < 1.29 is 4.74 Å². The SMILES string of the molecule is CCCc1ccc(C(C)C)c(-c2cnn(-c3cccc(Oc4ccc5c6ccccc6n(-c6cc(C)ccn6)c5c4)c3)c2)c1C(C)C. The number of benzene rings is 4. The minimum Gasteiger partial charge on any atom is -0.457 e. The summed E-state index contributed by atoms with van der Waals surface area (Å²) in [5.74, 6) is 3.25. The van der Waals surface area contributed by atoms with Gasteiger partial charge in [-0.15, -0.1) is 0 Å². The second kappa shape index (κ2) is 12.6. The molecule has 236 valence electrons. The summed E-state index contributed by atoms with van der Waals surface area (Å²) in [5.41, 5.74) is 11.1. The fraction of sp³-hybridized carbons (Fsp3) is 0.238. The molecule has 3 heterocycles. The largest absolute Gasteiger partial charge is 0.457 e. The third kappa shape index (κ3) is 5.71. The van der Waals surface area contributed by atoms with E-state index in [1.165, 1.54) is 38.6 Å². The van der Waals surface area contributed by atoms with E-state index in [1.807, 2.05) is 41.3 Å². The van der Waals surface area contributed by atoms with Gasteiger partial charge < -0.3 is 4.74 Å². The maximum atomic E-state index is 6.52. The van der Waals surface area contributed by atoms with Crippen LogP contribution in [0.3, 0.4) is 0 Å². The maximum absolute atomic E-state index is 6.52. The Morgan fingerprint density at radius 3 is 2.36 bits per heavy atom. The van der Waals surface area contributed by atoms with E-state index in [2.05, 4.69) is 119 Å². The van der Waals surface area contributed by atoms with Crippen LogP contribution >= 0.6 is 0 Å². The van der Waals surface area contributed by atoms with E-state index in [1.54, 1.807) is 0 Å². The Balaban J connectivity index is 1.25. The molecule has 5 nitrogen and oxygen atoms in total. The Bertz CT molecular complexity index is 2220. The van der Waals surface area contributed by atoms with Crippen molar-refractivity contribution in [2.24, 2.45) is 0 Å². The molecule has 0 saturated heterocycles. The smallest absolute Gasteiger partial charge is 0.137 e. The molecule has 0 N–H and O–H groups in total. The lowest BCUT2D eigenvalue weighted by Crippen LogP contribution is -2.04. The first-order valence-corrected chi connectivity index (χ1v) is 16.8. The molecule has 0 saturated carbocycles. The lowest BCUT2D eigenvalue weighted by Gasteiger charge is -2.22. The predicted octanol–water partition coefficient (Wildman–Crippen LogP) is 11.3. The molecule has 0 amide bonds. The molecule has 0 atom stereocenters. The van der Waals surface area contributed by atoms with Crippen LogP contribution in [0.25, 0.3) is 44.4 Å². The van der Waals surface area contributed by atoms with E-state index in [9.17, 15) is 0 Å². The second-order valence-electron chi connectivity index (χ2n) is 13.2. The van der Waals surface area contributed by atoms with Gasteiger partial charge in [-0.25, -0.2) is 9.67 Å². The van der Waals surface area contributed by atoms with Crippen LogP contribution in [-0.4, -0.2) is 19.3 Å². The van der Waals surface area contributed by atoms with Crippen LogP contribution in [0.2, 0.25) is 0 Å². The monoisotopic (exact) mass is 618 g/mol. The number of fused-ring (bicyclic) bond motifs is 3. The van der Waals surface area contributed by atoms with Crippen molar-refractivity contribution in [2.45, 2.75) is 66.2 Å². The summed E-state index contributed by atoms with van der Waals surface area (Å²) >= 11 is 0.